The highest BCUT2D eigenvalue weighted by Gasteiger charge is 2.23. The average Bonchev–Trinajstić information content (AvgIpc) is 2.25. The molecule has 0 aliphatic carbocycles. The Hall–Kier alpha value is -1.17. The van der Waals surface area contributed by atoms with Crippen molar-refractivity contribution < 1.29 is 23.9 Å². The first-order valence-corrected chi connectivity index (χ1v) is 9.68. The second-order valence-electron chi connectivity index (χ2n) is 5.36. The predicted molar refractivity (Wildman–Crippen MR) is 69.9 cm³/mol. The highest BCUT2D eigenvalue weighted by atomic mass is 28.3. The molecule has 0 aromatic heterocycles. The molecule has 0 spiro atoms. The molecule has 0 saturated carbocycles. The molecule has 0 aromatic carbocycles. The molecule has 0 fully saturated rings. The van der Waals surface area contributed by atoms with Gasteiger partial charge < -0.3 is 14.3 Å². The van der Waals surface area contributed by atoms with Gasteiger partial charge in [-0.1, -0.05) is 19.6 Å². The van der Waals surface area contributed by atoms with Crippen LogP contribution >= 0.6 is 0 Å². The van der Waals surface area contributed by atoms with Crippen molar-refractivity contribution in [2.75, 3.05) is 13.7 Å². The SMILES string of the molecule is COC(=O)[C@H](CC=O)CC(=O)OCC[Si](C)(C)C. The lowest BCUT2D eigenvalue weighted by Crippen LogP contribution is -2.25. The first-order chi connectivity index (χ1) is 8.30. The fourth-order valence-electron chi connectivity index (χ4n) is 1.28. The molecule has 0 aliphatic rings. The van der Waals surface area contributed by atoms with Crippen LogP contribution < -0.4 is 0 Å². The molecular weight excluding hydrogens is 252 g/mol. The zero-order valence-corrected chi connectivity index (χ0v) is 12.5. The Bertz CT molecular complexity index is 295. The molecule has 0 bridgehead atoms. The van der Waals surface area contributed by atoms with Crippen LogP contribution in [0.15, 0.2) is 0 Å². The van der Waals surface area contributed by atoms with Gasteiger partial charge in [-0.25, -0.2) is 0 Å². The number of hydrogen-bond acceptors (Lipinski definition) is 5. The van der Waals surface area contributed by atoms with Gasteiger partial charge in [0.05, 0.1) is 26.1 Å². The van der Waals surface area contributed by atoms with Crippen LogP contribution in [0.3, 0.4) is 0 Å². The van der Waals surface area contributed by atoms with Crippen LogP contribution in [0.2, 0.25) is 25.7 Å². The molecule has 0 aliphatic heterocycles. The molecule has 104 valence electrons. The van der Waals surface area contributed by atoms with Gasteiger partial charge in [-0.15, -0.1) is 0 Å². The van der Waals surface area contributed by atoms with Crippen LogP contribution in [0, 0.1) is 5.92 Å². The van der Waals surface area contributed by atoms with Crippen LogP contribution in [-0.2, 0) is 23.9 Å². The lowest BCUT2D eigenvalue weighted by atomic mass is 10.0. The van der Waals surface area contributed by atoms with Gasteiger partial charge in [0.15, 0.2) is 0 Å². The summed E-state index contributed by atoms with van der Waals surface area (Å²) in [5.74, 6) is -1.73. The number of hydrogen-bond donors (Lipinski definition) is 0. The monoisotopic (exact) mass is 274 g/mol. The van der Waals surface area contributed by atoms with Crippen molar-refractivity contribution in [2.45, 2.75) is 38.5 Å². The largest absolute Gasteiger partial charge is 0.469 e. The molecule has 0 aromatic rings. The molecule has 5 nitrogen and oxygen atoms in total. The smallest absolute Gasteiger partial charge is 0.309 e. The second kappa shape index (κ2) is 8.02. The zero-order valence-electron chi connectivity index (χ0n) is 11.5. The molecular formula is C12H22O5Si. The van der Waals surface area contributed by atoms with Gasteiger partial charge in [0.25, 0.3) is 0 Å². The second-order valence-corrected chi connectivity index (χ2v) is 11.0. The molecule has 0 amide bonds. The van der Waals surface area contributed by atoms with Gasteiger partial charge in [-0.3, -0.25) is 9.59 Å². The molecule has 0 N–H and O–H groups in total. The minimum absolute atomic E-state index is 0.0181. The molecule has 18 heavy (non-hydrogen) atoms. The summed E-state index contributed by atoms with van der Waals surface area (Å²) in [5.41, 5.74) is 0. The van der Waals surface area contributed by atoms with E-state index in [0.717, 1.165) is 6.04 Å². The molecule has 1 atom stereocenters. The number of carbonyl (C=O) groups excluding carboxylic acids is 3. The van der Waals surface area contributed by atoms with E-state index in [9.17, 15) is 14.4 Å². The topological polar surface area (TPSA) is 69.7 Å². The molecule has 0 unspecified atom stereocenters. The van der Waals surface area contributed by atoms with Crippen molar-refractivity contribution in [3.63, 3.8) is 0 Å². The van der Waals surface area contributed by atoms with Gasteiger partial charge in [-0.2, -0.15) is 0 Å². The molecule has 0 radical (unpaired) electrons. The molecule has 0 saturated heterocycles. The Labute approximate surface area is 109 Å². The Morgan fingerprint density at radius 2 is 1.89 bits per heavy atom. The van der Waals surface area contributed by atoms with Gasteiger partial charge in [-0.05, 0) is 6.04 Å². The molecule has 0 rings (SSSR count). The van der Waals surface area contributed by atoms with E-state index in [0.29, 0.717) is 12.9 Å². The Balaban J connectivity index is 4.10. The maximum Gasteiger partial charge on any atom is 0.309 e. The number of methoxy groups -OCH3 is 1. The van der Waals surface area contributed by atoms with Crippen LogP contribution in [0.25, 0.3) is 0 Å². The minimum Gasteiger partial charge on any atom is -0.469 e. The number of esters is 2. The van der Waals surface area contributed by atoms with Crippen molar-refractivity contribution in [3.8, 4) is 0 Å². The number of ether oxygens (including phenoxy) is 2. The molecule has 6 heteroatoms. The van der Waals surface area contributed by atoms with Crippen LogP contribution in [0.1, 0.15) is 12.8 Å². The summed E-state index contributed by atoms with van der Waals surface area (Å²) < 4.78 is 9.59. The fourth-order valence-corrected chi connectivity index (χ4v) is 1.99. The van der Waals surface area contributed by atoms with Crippen LogP contribution in [0.4, 0.5) is 0 Å². The van der Waals surface area contributed by atoms with E-state index in [-0.39, 0.29) is 12.8 Å². The first kappa shape index (κ1) is 16.8. The quantitative estimate of drug-likeness (QED) is 0.382. The Morgan fingerprint density at radius 3 is 2.33 bits per heavy atom. The summed E-state index contributed by atoms with van der Waals surface area (Å²) in [4.78, 5) is 33.2. The maximum absolute atomic E-state index is 11.5. The summed E-state index contributed by atoms with van der Waals surface area (Å²) in [6, 6.07) is 0.884. The van der Waals surface area contributed by atoms with E-state index in [2.05, 4.69) is 24.4 Å². The van der Waals surface area contributed by atoms with E-state index in [1.54, 1.807) is 0 Å². The van der Waals surface area contributed by atoms with Crippen LogP contribution in [0.5, 0.6) is 0 Å². The predicted octanol–water partition coefficient (Wildman–Crippen LogP) is 1.64. The Kier molecular flexibility index (Phi) is 7.50. The van der Waals surface area contributed by atoms with E-state index in [1.165, 1.54) is 7.11 Å². The van der Waals surface area contributed by atoms with Gasteiger partial charge in [0.1, 0.15) is 6.29 Å². The van der Waals surface area contributed by atoms with Crippen molar-refractivity contribution in [1.82, 2.24) is 0 Å². The fraction of sp³-hybridized carbons (Fsp3) is 0.750. The maximum atomic E-state index is 11.5. The highest BCUT2D eigenvalue weighted by molar-refractivity contribution is 6.76. The standard InChI is InChI=1S/C12H22O5Si/c1-16-12(15)10(5-6-13)9-11(14)17-7-8-18(2,3)4/h6,10H,5,7-9H2,1-4H3/t10-/m1/s1. The lowest BCUT2D eigenvalue weighted by molar-refractivity contribution is -0.153. The lowest BCUT2D eigenvalue weighted by Gasteiger charge is -2.16. The van der Waals surface area contributed by atoms with Gasteiger partial charge in [0, 0.05) is 14.5 Å². The summed E-state index contributed by atoms with van der Waals surface area (Å²) >= 11 is 0. The molecule has 0 heterocycles. The summed E-state index contributed by atoms with van der Waals surface area (Å²) in [6.07, 6.45) is 0.490. The van der Waals surface area contributed by atoms with Crippen molar-refractivity contribution >= 4 is 26.3 Å². The number of rotatable bonds is 8. The van der Waals surface area contributed by atoms with E-state index in [1.807, 2.05) is 0 Å². The average molecular weight is 274 g/mol. The van der Waals surface area contributed by atoms with Crippen molar-refractivity contribution in [2.24, 2.45) is 5.92 Å². The highest BCUT2D eigenvalue weighted by Crippen LogP contribution is 2.12. The summed E-state index contributed by atoms with van der Waals surface area (Å²) in [6.45, 7) is 6.93. The van der Waals surface area contributed by atoms with Crippen LogP contribution in [-0.4, -0.2) is 40.0 Å². The van der Waals surface area contributed by atoms with E-state index in [4.69, 9.17) is 4.74 Å². The Morgan fingerprint density at radius 1 is 1.28 bits per heavy atom. The summed E-state index contributed by atoms with van der Waals surface area (Å²) in [7, 11) is -0.000103. The third-order valence-corrected chi connectivity index (χ3v) is 4.15. The van der Waals surface area contributed by atoms with Crippen molar-refractivity contribution in [1.29, 1.82) is 0 Å². The third-order valence-electron chi connectivity index (χ3n) is 2.44. The minimum atomic E-state index is -1.23. The van der Waals surface area contributed by atoms with E-state index < -0.39 is 25.9 Å². The summed E-state index contributed by atoms with van der Waals surface area (Å²) in [5, 5.41) is 0. The van der Waals surface area contributed by atoms with Gasteiger partial charge >= 0.3 is 11.9 Å². The first-order valence-electron chi connectivity index (χ1n) is 5.97. The van der Waals surface area contributed by atoms with E-state index >= 15 is 0 Å². The number of carbonyl (C=O) groups is 3. The number of aldehydes is 1. The van der Waals surface area contributed by atoms with Crippen molar-refractivity contribution in [3.05, 3.63) is 0 Å². The third kappa shape index (κ3) is 8.00. The zero-order chi connectivity index (χ0) is 14.2. The normalized spacial score (nSPS) is 12.7. The van der Waals surface area contributed by atoms with Gasteiger partial charge in [0.2, 0.25) is 0 Å².